The molecule has 2 aliphatic heterocycles. The number of hydrogen-bond acceptors (Lipinski definition) is 3. The van der Waals surface area contributed by atoms with E-state index >= 15 is 0 Å². The van der Waals surface area contributed by atoms with E-state index in [1.165, 1.54) is 12.1 Å². The van der Waals surface area contributed by atoms with Crippen molar-refractivity contribution in [3.63, 3.8) is 0 Å². The molecule has 36 heavy (non-hydrogen) atoms. The lowest BCUT2D eigenvalue weighted by Gasteiger charge is -2.32. The number of anilines is 2. The number of likely N-dealkylation sites (tertiary alicyclic amines) is 1. The second-order valence-electron chi connectivity index (χ2n) is 8.11. The number of fused-ring (bicyclic) bond motifs is 1. The fourth-order valence-electron chi connectivity index (χ4n) is 3.91. The van der Waals surface area contributed by atoms with Crippen LogP contribution in [0.2, 0.25) is 0 Å². The molecule has 0 radical (unpaired) electrons. The summed E-state index contributed by atoms with van der Waals surface area (Å²) < 4.78 is 43.9. The first-order valence-electron chi connectivity index (χ1n) is 12.6. The minimum Gasteiger partial charge on any atom is -0.493 e. The van der Waals surface area contributed by atoms with Crippen molar-refractivity contribution in [1.82, 2.24) is 4.90 Å². The molecule has 3 amide bonds. The van der Waals surface area contributed by atoms with E-state index < -0.39 is 11.7 Å². The molecule has 4 rings (SSSR count). The zero-order chi connectivity index (χ0) is 26.7. The highest BCUT2D eigenvalue weighted by Gasteiger charge is 2.30. The summed E-state index contributed by atoms with van der Waals surface area (Å²) in [5.41, 5.74) is 1.48. The molecule has 0 unspecified atom stereocenters. The Labute approximate surface area is 211 Å². The molecular formula is C27H36F3N3O3. The molecule has 0 atom stereocenters. The summed E-state index contributed by atoms with van der Waals surface area (Å²) >= 11 is 0. The van der Waals surface area contributed by atoms with Crippen molar-refractivity contribution >= 4 is 23.3 Å². The normalized spacial score (nSPS) is 15.3. The van der Waals surface area contributed by atoms with Crippen LogP contribution in [0.5, 0.6) is 5.75 Å². The van der Waals surface area contributed by atoms with Gasteiger partial charge in [-0.15, -0.1) is 0 Å². The Kier molecular flexibility index (Phi) is 11.1. The second kappa shape index (κ2) is 13.8. The van der Waals surface area contributed by atoms with E-state index in [0.717, 1.165) is 42.0 Å². The molecule has 2 N–H and O–H groups in total. The Morgan fingerprint density at radius 3 is 2.28 bits per heavy atom. The minimum absolute atomic E-state index is 0.0280. The van der Waals surface area contributed by atoms with Crippen molar-refractivity contribution in [1.29, 1.82) is 0 Å². The number of benzene rings is 2. The highest BCUT2D eigenvalue weighted by Crippen LogP contribution is 2.30. The van der Waals surface area contributed by atoms with E-state index in [9.17, 15) is 22.8 Å². The topological polar surface area (TPSA) is 70.7 Å². The number of alkyl halides is 3. The van der Waals surface area contributed by atoms with Crippen LogP contribution in [-0.2, 0) is 17.4 Å². The number of hydrogen-bond donors (Lipinski definition) is 2. The predicted molar refractivity (Wildman–Crippen MR) is 136 cm³/mol. The summed E-state index contributed by atoms with van der Waals surface area (Å²) in [5, 5.41) is 5.50. The van der Waals surface area contributed by atoms with Crippen molar-refractivity contribution in [3.8, 4) is 5.75 Å². The molecule has 198 valence electrons. The lowest BCUT2D eigenvalue weighted by atomic mass is 9.98. The van der Waals surface area contributed by atoms with Crippen LogP contribution < -0.4 is 15.4 Å². The number of nitrogens with zero attached hydrogens (tertiary/aromatic N) is 1. The van der Waals surface area contributed by atoms with Crippen LogP contribution in [0.1, 0.15) is 58.1 Å². The van der Waals surface area contributed by atoms with Gasteiger partial charge in [-0.05, 0) is 73.2 Å². The molecule has 6 nitrogen and oxygen atoms in total. The van der Waals surface area contributed by atoms with Gasteiger partial charge in [0, 0.05) is 30.9 Å². The maximum Gasteiger partial charge on any atom is 0.416 e. The molecule has 0 bridgehead atoms. The fraction of sp³-hybridized carbons (Fsp3) is 0.481. The van der Waals surface area contributed by atoms with Gasteiger partial charge in [-0.2, -0.15) is 13.2 Å². The monoisotopic (exact) mass is 507 g/mol. The molecule has 0 saturated carbocycles. The molecule has 2 aliphatic rings. The van der Waals surface area contributed by atoms with E-state index in [1.54, 1.807) is 4.90 Å². The molecule has 2 aromatic carbocycles. The summed E-state index contributed by atoms with van der Waals surface area (Å²) in [7, 11) is 0. The number of carbonyl (C=O) groups is 2. The molecule has 2 heterocycles. The van der Waals surface area contributed by atoms with Gasteiger partial charge in [-0.25, -0.2) is 4.79 Å². The van der Waals surface area contributed by atoms with Crippen LogP contribution in [0.15, 0.2) is 42.5 Å². The smallest absolute Gasteiger partial charge is 0.416 e. The van der Waals surface area contributed by atoms with Crippen molar-refractivity contribution in [2.24, 2.45) is 5.92 Å². The first-order valence-corrected chi connectivity index (χ1v) is 12.6. The molecule has 0 aromatic heterocycles. The predicted octanol–water partition coefficient (Wildman–Crippen LogP) is 6.97. The van der Waals surface area contributed by atoms with Crippen LogP contribution in [0.3, 0.4) is 0 Å². The van der Waals surface area contributed by atoms with Gasteiger partial charge in [0.25, 0.3) is 0 Å². The molecule has 0 spiro atoms. The maximum absolute atomic E-state index is 12.6. The first-order chi connectivity index (χ1) is 17.3. The lowest BCUT2D eigenvalue weighted by molar-refractivity contribution is -0.137. The Balaban J connectivity index is 0.00000109. The molecule has 9 heteroatoms. The second-order valence-corrected chi connectivity index (χ2v) is 8.11. The highest BCUT2D eigenvalue weighted by atomic mass is 19.4. The van der Waals surface area contributed by atoms with Gasteiger partial charge in [-0.1, -0.05) is 27.7 Å². The van der Waals surface area contributed by atoms with E-state index in [0.29, 0.717) is 44.1 Å². The summed E-state index contributed by atoms with van der Waals surface area (Å²) in [4.78, 5) is 25.5. The number of piperidine rings is 1. The van der Waals surface area contributed by atoms with Crippen LogP contribution in [-0.4, -0.2) is 36.5 Å². The minimum atomic E-state index is -4.40. The maximum atomic E-state index is 12.6. The highest BCUT2D eigenvalue weighted by molar-refractivity contribution is 5.94. The van der Waals surface area contributed by atoms with Crippen molar-refractivity contribution < 1.29 is 27.5 Å². The first kappa shape index (κ1) is 29.0. The van der Waals surface area contributed by atoms with Gasteiger partial charge in [-0.3, -0.25) is 4.79 Å². The number of rotatable bonds is 4. The van der Waals surface area contributed by atoms with E-state index in [4.69, 9.17) is 4.74 Å². The average molecular weight is 508 g/mol. The Bertz CT molecular complexity index is 986. The van der Waals surface area contributed by atoms with Gasteiger partial charge < -0.3 is 20.3 Å². The van der Waals surface area contributed by atoms with Crippen molar-refractivity contribution in [3.05, 3.63) is 53.6 Å². The SMILES string of the molecule is CC.CC.O=C1CCc2cc(OCC3CCN(C(=O)Nc4ccc(C(F)(F)F)cc4)CC3)ccc2N1. The van der Waals surface area contributed by atoms with Crippen LogP contribution in [0, 0.1) is 5.92 Å². The van der Waals surface area contributed by atoms with Crippen LogP contribution >= 0.6 is 0 Å². The lowest BCUT2D eigenvalue weighted by Crippen LogP contribution is -2.42. The largest absolute Gasteiger partial charge is 0.493 e. The average Bonchev–Trinajstić information content (AvgIpc) is 2.90. The molecule has 2 aromatic rings. The summed E-state index contributed by atoms with van der Waals surface area (Å²) in [6.45, 7) is 9.65. The van der Waals surface area contributed by atoms with Crippen molar-refractivity contribution in [2.75, 3.05) is 30.3 Å². The number of nitrogens with one attached hydrogen (secondary N) is 2. The van der Waals surface area contributed by atoms with Gasteiger partial charge in [0.1, 0.15) is 5.75 Å². The molecule has 1 fully saturated rings. The third-order valence-electron chi connectivity index (χ3n) is 5.82. The fourth-order valence-corrected chi connectivity index (χ4v) is 3.91. The van der Waals surface area contributed by atoms with Gasteiger partial charge in [0.2, 0.25) is 5.91 Å². The Morgan fingerprint density at radius 1 is 1.03 bits per heavy atom. The van der Waals surface area contributed by atoms with E-state index in [1.807, 2.05) is 45.9 Å². The summed E-state index contributed by atoms with van der Waals surface area (Å²) in [6.07, 6.45) is -1.67. The van der Waals surface area contributed by atoms with Crippen molar-refractivity contribution in [2.45, 2.75) is 59.6 Å². The Morgan fingerprint density at radius 2 is 1.67 bits per heavy atom. The van der Waals surface area contributed by atoms with Crippen LogP contribution in [0.4, 0.5) is 29.3 Å². The number of carbonyl (C=O) groups excluding carboxylic acids is 2. The summed E-state index contributed by atoms with van der Waals surface area (Å²) in [5.74, 6) is 1.10. The van der Waals surface area contributed by atoms with E-state index in [2.05, 4.69) is 10.6 Å². The summed E-state index contributed by atoms with van der Waals surface area (Å²) in [6, 6.07) is 9.76. The zero-order valence-electron chi connectivity index (χ0n) is 21.4. The van der Waals surface area contributed by atoms with Gasteiger partial charge in [0.15, 0.2) is 0 Å². The Hall–Kier alpha value is -3.23. The number of ether oxygens (including phenoxy) is 1. The molecular weight excluding hydrogens is 471 g/mol. The number of amides is 3. The quantitative estimate of drug-likeness (QED) is 0.470. The number of halogens is 3. The number of urea groups is 1. The van der Waals surface area contributed by atoms with E-state index in [-0.39, 0.29) is 11.9 Å². The third kappa shape index (κ3) is 8.17. The van der Waals surface area contributed by atoms with Gasteiger partial charge >= 0.3 is 12.2 Å². The van der Waals surface area contributed by atoms with Crippen LogP contribution in [0.25, 0.3) is 0 Å². The number of aryl methyl sites for hydroxylation is 1. The molecule has 0 aliphatic carbocycles. The standard InChI is InChI=1S/C23H24F3N3O3.2C2H6/c24-23(25,26)17-2-4-18(5-3-17)27-22(31)29-11-9-15(10-12-29)14-32-19-6-7-20-16(13-19)1-8-21(30)28-20;2*1-2/h2-7,13,15H,1,8-12,14H2,(H,27,31)(H,28,30);2*1-2H3. The van der Waals surface area contributed by atoms with Gasteiger partial charge in [0.05, 0.1) is 12.2 Å². The third-order valence-corrected chi connectivity index (χ3v) is 5.82. The zero-order valence-corrected chi connectivity index (χ0v) is 21.4. The molecule has 1 saturated heterocycles.